The maximum absolute atomic E-state index is 12.7. The first-order valence-corrected chi connectivity index (χ1v) is 9.86. The van der Waals surface area contributed by atoms with Crippen molar-refractivity contribution in [2.24, 2.45) is 0 Å². The number of hydrogen-bond donors (Lipinski definition) is 1. The van der Waals surface area contributed by atoms with Crippen molar-refractivity contribution >= 4 is 17.0 Å². The third kappa shape index (κ3) is 4.44. The highest BCUT2D eigenvalue weighted by atomic mass is 16.5. The number of amides is 1. The van der Waals surface area contributed by atoms with Crippen molar-refractivity contribution in [1.82, 2.24) is 10.3 Å². The average Bonchev–Trinajstić information content (AvgIpc) is 3.04. The first-order valence-electron chi connectivity index (χ1n) is 9.86. The molecule has 2 aromatic rings. The molecule has 0 unspecified atom stereocenters. The molecule has 0 aromatic carbocycles. The number of nitrogens with one attached hydrogen (secondary N) is 1. The second-order valence-electron chi connectivity index (χ2n) is 7.43. The second kappa shape index (κ2) is 8.67. The molecule has 2 heterocycles. The second-order valence-corrected chi connectivity index (χ2v) is 7.43. The van der Waals surface area contributed by atoms with Crippen LogP contribution in [0.2, 0.25) is 0 Å². The number of ether oxygens (including phenoxy) is 1. The van der Waals surface area contributed by atoms with Gasteiger partial charge in [-0.15, -0.1) is 0 Å². The van der Waals surface area contributed by atoms with Gasteiger partial charge in [-0.25, -0.2) is 4.98 Å². The van der Waals surface area contributed by atoms with Crippen molar-refractivity contribution < 1.29 is 13.9 Å². The lowest BCUT2D eigenvalue weighted by atomic mass is 9.92. The summed E-state index contributed by atoms with van der Waals surface area (Å²) in [6.07, 6.45) is 9.43. The maximum Gasteiger partial charge on any atom is 0.256 e. The molecular weight excluding hydrogens is 328 g/mol. The molecule has 1 N–H and O–H groups in total. The molecule has 5 nitrogen and oxygen atoms in total. The molecule has 0 aliphatic heterocycles. The number of aryl methyl sites for hydroxylation is 2. The molecule has 3 rings (SSSR count). The van der Waals surface area contributed by atoms with Gasteiger partial charge >= 0.3 is 0 Å². The predicted octanol–water partition coefficient (Wildman–Crippen LogP) is 4.69. The van der Waals surface area contributed by atoms with Crippen molar-refractivity contribution in [2.45, 2.75) is 77.9 Å². The van der Waals surface area contributed by atoms with E-state index < -0.39 is 0 Å². The summed E-state index contributed by atoms with van der Waals surface area (Å²) in [4.78, 5) is 17.2. The van der Waals surface area contributed by atoms with Gasteiger partial charge < -0.3 is 14.5 Å². The molecule has 0 atom stereocenters. The Morgan fingerprint density at radius 2 is 2.04 bits per heavy atom. The predicted molar refractivity (Wildman–Crippen MR) is 102 cm³/mol. The zero-order valence-electron chi connectivity index (χ0n) is 16.1. The van der Waals surface area contributed by atoms with Crippen molar-refractivity contribution in [3.63, 3.8) is 0 Å². The fourth-order valence-electron chi connectivity index (χ4n) is 3.73. The molecule has 0 bridgehead atoms. The Labute approximate surface area is 155 Å². The number of furan rings is 1. The molecule has 0 radical (unpaired) electrons. The SMILES string of the molecule is CCCCCO[C@H]1CC[C@H](NC(=O)c2coc3c(C)cc(C)nc23)CC1. The van der Waals surface area contributed by atoms with Crippen LogP contribution in [0.4, 0.5) is 0 Å². The topological polar surface area (TPSA) is 64.4 Å². The molecule has 5 heteroatoms. The van der Waals surface area contributed by atoms with Crippen LogP contribution in [0.5, 0.6) is 0 Å². The lowest BCUT2D eigenvalue weighted by molar-refractivity contribution is 0.0205. The number of carbonyl (C=O) groups is 1. The quantitative estimate of drug-likeness (QED) is 0.729. The van der Waals surface area contributed by atoms with Crippen LogP contribution in [0.15, 0.2) is 16.7 Å². The fraction of sp³-hybridized carbons (Fsp3) is 0.619. The smallest absolute Gasteiger partial charge is 0.256 e. The highest BCUT2D eigenvalue weighted by Gasteiger charge is 2.25. The third-order valence-electron chi connectivity index (χ3n) is 5.19. The number of carbonyl (C=O) groups excluding carboxylic acids is 1. The van der Waals surface area contributed by atoms with Gasteiger partial charge in [-0.1, -0.05) is 19.8 Å². The zero-order chi connectivity index (χ0) is 18.5. The molecule has 1 fully saturated rings. The monoisotopic (exact) mass is 358 g/mol. The van der Waals surface area contributed by atoms with E-state index in [2.05, 4.69) is 17.2 Å². The minimum Gasteiger partial charge on any atom is -0.461 e. The number of pyridine rings is 1. The van der Waals surface area contributed by atoms with Crippen LogP contribution >= 0.6 is 0 Å². The lowest BCUT2D eigenvalue weighted by Crippen LogP contribution is -2.39. The molecule has 26 heavy (non-hydrogen) atoms. The first-order chi connectivity index (χ1) is 12.6. The van der Waals surface area contributed by atoms with E-state index in [-0.39, 0.29) is 11.9 Å². The Balaban J connectivity index is 1.53. The highest BCUT2D eigenvalue weighted by Crippen LogP contribution is 2.25. The van der Waals surface area contributed by atoms with Crippen molar-refractivity contribution in [1.29, 1.82) is 0 Å². The maximum atomic E-state index is 12.7. The van der Waals surface area contributed by atoms with Crippen LogP contribution < -0.4 is 5.32 Å². The summed E-state index contributed by atoms with van der Waals surface area (Å²) < 4.78 is 11.5. The van der Waals surface area contributed by atoms with Gasteiger partial charge in [0.05, 0.1) is 6.10 Å². The van der Waals surface area contributed by atoms with E-state index in [4.69, 9.17) is 9.15 Å². The summed E-state index contributed by atoms with van der Waals surface area (Å²) in [6, 6.07) is 2.17. The number of nitrogens with zero attached hydrogens (tertiary/aromatic N) is 1. The van der Waals surface area contributed by atoms with E-state index in [9.17, 15) is 4.79 Å². The van der Waals surface area contributed by atoms with E-state index in [1.807, 2.05) is 19.9 Å². The fourth-order valence-corrected chi connectivity index (χ4v) is 3.73. The van der Waals surface area contributed by atoms with Gasteiger partial charge in [0.15, 0.2) is 5.58 Å². The summed E-state index contributed by atoms with van der Waals surface area (Å²) in [5.74, 6) is -0.0893. The molecule has 1 saturated carbocycles. The Bertz CT molecular complexity index is 745. The Hall–Kier alpha value is -1.88. The van der Waals surface area contributed by atoms with E-state index in [0.717, 1.165) is 50.0 Å². The van der Waals surface area contributed by atoms with Gasteiger partial charge in [-0.2, -0.15) is 0 Å². The van der Waals surface area contributed by atoms with E-state index in [1.165, 1.54) is 19.1 Å². The van der Waals surface area contributed by atoms with Crippen LogP contribution in [0.1, 0.15) is 73.5 Å². The summed E-state index contributed by atoms with van der Waals surface area (Å²) >= 11 is 0. The van der Waals surface area contributed by atoms with Crippen LogP contribution in [-0.4, -0.2) is 29.6 Å². The number of rotatable bonds is 7. The Kier molecular flexibility index (Phi) is 6.30. The molecular formula is C21H30N2O3. The molecule has 1 amide bonds. The number of aromatic nitrogens is 1. The number of unbranched alkanes of at least 4 members (excludes halogenated alkanes) is 2. The molecule has 0 spiro atoms. The van der Waals surface area contributed by atoms with Crippen molar-refractivity contribution in [3.05, 3.63) is 29.2 Å². The Morgan fingerprint density at radius 3 is 2.77 bits per heavy atom. The molecule has 142 valence electrons. The minimum absolute atomic E-state index is 0.0893. The van der Waals surface area contributed by atoms with Crippen LogP contribution in [0.3, 0.4) is 0 Å². The van der Waals surface area contributed by atoms with Crippen LogP contribution in [0.25, 0.3) is 11.1 Å². The number of hydrogen-bond acceptors (Lipinski definition) is 4. The van der Waals surface area contributed by atoms with Gasteiger partial charge in [-0.3, -0.25) is 4.79 Å². The summed E-state index contributed by atoms with van der Waals surface area (Å²) in [6.45, 7) is 6.98. The van der Waals surface area contributed by atoms with Crippen LogP contribution in [0, 0.1) is 13.8 Å². The van der Waals surface area contributed by atoms with Gasteiger partial charge in [0, 0.05) is 18.3 Å². The standard InChI is InChI=1S/C21H30N2O3/c1-4-5-6-11-25-17-9-7-16(8-10-17)23-21(24)18-13-26-20-14(2)12-15(3)22-19(18)20/h12-13,16-17H,4-11H2,1-3H3,(H,23,24)/t16-,17-. The van der Waals surface area contributed by atoms with Gasteiger partial charge in [-0.05, 0) is 57.6 Å². The van der Waals surface area contributed by atoms with Gasteiger partial charge in [0.2, 0.25) is 0 Å². The minimum atomic E-state index is -0.0893. The van der Waals surface area contributed by atoms with E-state index >= 15 is 0 Å². The summed E-state index contributed by atoms with van der Waals surface area (Å²) in [5, 5.41) is 3.15. The third-order valence-corrected chi connectivity index (χ3v) is 5.19. The van der Waals surface area contributed by atoms with Gasteiger partial charge in [0.25, 0.3) is 5.91 Å². The summed E-state index contributed by atoms with van der Waals surface area (Å²) in [5.41, 5.74) is 3.79. The van der Waals surface area contributed by atoms with Gasteiger partial charge in [0.1, 0.15) is 17.3 Å². The Morgan fingerprint density at radius 1 is 1.27 bits per heavy atom. The van der Waals surface area contributed by atoms with Crippen LogP contribution in [-0.2, 0) is 4.74 Å². The first kappa shape index (κ1) is 18.9. The largest absolute Gasteiger partial charge is 0.461 e. The average molecular weight is 358 g/mol. The molecule has 1 aliphatic rings. The lowest BCUT2D eigenvalue weighted by Gasteiger charge is -2.29. The highest BCUT2D eigenvalue weighted by molar-refractivity contribution is 6.05. The molecule has 2 aromatic heterocycles. The summed E-state index contributed by atoms with van der Waals surface area (Å²) in [7, 11) is 0. The molecule has 1 aliphatic carbocycles. The normalized spacial score (nSPS) is 20.4. The number of fused-ring (bicyclic) bond motifs is 1. The van der Waals surface area contributed by atoms with Crippen molar-refractivity contribution in [3.8, 4) is 0 Å². The molecule has 0 saturated heterocycles. The van der Waals surface area contributed by atoms with Crippen molar-refractivity contribution in [2.75, 3.05) is 6.61 Å². The van der Waals surface area contributed by atoms with E-state index in [1.54, 1.807) is 0 Å². The van der Waals surface area contributed by atoms with E-state index in [0.29, 0.717) is 22.8 Å². The zero-order valence-corrected chi connectivity index (χ0v) is 16.1.